The van der Waals surface area contributed by atoms with E-state index in [-0.39, 0.29) is 47.9 Å². The molecule has 0 bridgehead atoms. The summed E-state index contributed by atoms with van der Waals surface area (Å²) in [4.78, 5) is 39.8. The second-order valence-corrected chi connectivity index (χ2v) is 9.09. The number of carbonyl (C=O) groups is 3. The molecule has 0 aliphatic carbocycles. The van der Waals surface area contributed by atoms with Gasteiger partial charge in [0.05, 0.1) is 20.8 Å². The molecule has 0 spiro atoms. The van der Waals surface area contributed by atoms with Crippen LogP contribution in [0.1, 0.15) is 11.1 Å². The van der Waals surface area contributed by atoms with Gasteiger partial charge >= 0.3 is 6.16 Å². The zero-order chi connectivity index (χ0) is 30.6. The molecular weight excluding hydrogens is 544 g/mol. The van der Waals surface area contributed by atoms with E-state index < -0.39 is 11.9 Å². The van der Waals surface area contributed by atoms with E-state index >= 15 is 0 Å². The Hall–Kier alpha value is -5.45. The maximum Gasteiger partial charge on any atom is 0.515 e. The molecule has 0 saturated heterocycles. The van der Waals surface area contributed by atoms with Gasteiger partial charge in [0, 0.05) is 31.9 Å². The van der Waals surface area contributed by atoms with Gasteiger partial charge in [-0.15, -0.1) is 0 Å². The Morgan fingerprint density at radius 1 is 0.952 bits per heavy atom. The maximum atomic E-state index is 12.3. The minimum Gasteiger partial charge on any atom is -0.508 e. The molecular formula is C31H32N2O9. The first-order valence-corrected chi connectivity index (χ1v) is 12.6. The molecule has 0 radical (unpaired) electrons. The number of phenols is 1. The molecule has 0 unspecified atom stereocenters. The Morgan fingerprint density at radius 2 is 1.62 bits per heavy atom. The number of rotatable bonds is 11. The van der Waals surface area contributed by atoms with Crippen LogP contribution < -0.4 is 14.2 Å². The van der Waals surface area contributed by atoms with Crippen molar-refractivity contribution in [3.63, 3.8) is 0 Å². The van der Waals surface area contributed by atoms with Crippen LogP contribution >= 0.6 is 0 Å². The fourth-order valence-electron chi connectivity index (χ4n) is 3.65. The molecule has 0 fully saturated rings. The Morgan fingerprint density at radius 3 is 2.31 bits per heavy atom. The largest absolute Gasteiger partial charge is 0.515 e. The summed E-state index contributed by atoms with van der Waals surface area (Å²) in [6.45, 7) is 0.154. The topological polar surface area (TPSA) is 135 Å². The minimum absolute atomic E-state index is 0.0165. The molecule has 0 atom stereocenters. The Labute approximate surface area is 243 Å². The standard InChI is InChI=1S/C31H32N2O9/c1-32(2)30(37)23-6-5-15-33(19-23)20-41-31(38)42-27-14-10-22(17-29(27)40-4)8-12-25(35)18-24(34)11-7-21-9-13-26(36)28(16-21)39-3/h5-18,35-36H,19-20H2,1-4H3/b11-7+,12-8+,25-18-. The van der Waals surface area contributed by atoms with E-state index in [4.69, 9.17) is 18.9 Å². The van der Waals surface area contributed by atoms with Gasteiger partial charge in [-0.2, -0.15) is 0 Å². The number of amides is 1. The first-order valence-electron chi connectivity index (χ1n) is 12.6. The minimum atomic E-state index is -0.960. The van der Waals surface area contributed by atoms with Gasteiger partial charge in [-0.05, 0) is 53.6 Å². The first-order chi connectivity index (χ1) is 20.1. The highest BCUT2D eigenvalue weighted by molar-refractivity contribution is 6.02. The third kappa shape index (κ3) is 9.05. The Balaban J connectivity index is 1.55. The van der Waals surface area contributed by atoms with Crippen molar-refractivity contribution in [2.45, 2.75) is 0 Å². The monoisotopic (exact) mass is 576 g/mol. The number of nitrogens with zero attached hydrogens (tertiary/aromatic N) is 2. The van der Waals surface area contributed by atoms with Crippen LogP contribution in [0.2, 0.25) is 0 Å². The Bertz CT molecular complexity index is 1470. The first kappa shape index (κ1) is 31.1. The van der Waals surface area contributed by atoms with Crippen LogP contribution in [-0.4, -0.2) is 79.4 Å². The van der Waals surface area contributed by atoms with Crippen molar-refractivity contribution in [3.8, 4) is 23.0 Å². The number of allylic oxidation sites excluding steroid dienone is 5. The number of methoxy groups -OCH3 is 2. The number of hydrogen-bond acceptors (Lipinski definition) is 10. The van der Waals surface area contributed by atoms with Gasteiger partial charge in [0.15, 0.2) is 35.5 Å². The van der Waals surface area contributed by atoms with E-state index in [1.807, 2.05) is 0 Å². The van der Waals surface area contributed by atoms with Crippen LogP contribution in [0.3, 0.4) is 0 Å². The van der Waals surface area contributed by atoms with Crippen LogP contribution in [0.4, 0.5) is 4.79 Å². The SMILES string of the molecule is COc1cc(/C=C/C(=O)/C=C(O)/C=C/c2ccc(OC(=O)OCN3C=CC=C(C(=O)N(C)C)C3)c(OC)c2)ccc1O. The van der Waals surface area contributed by atoms with Gasteiger partial charge < -0.3 is 39.0 Å². The zero-order valence-corrected chi connectivity index (χ0v) is 23.6. The average Bonchev–Trinajstić information content (AvgIpc) is 2.98. The summed E-state index contributed by atoms with van der Waals surface area (Å²) in [5, 5.41) is 19.8. The van der Waals surface area contributed by atoms with E-state index in [1.165, 1.54) is 49.5 Å². The summed E-state index contributed by atoms with van der Waals surface area (Å²) < 4.78 is 20.8. The third-order valence-electron chi connectivity index (χ3n) is 5.76. The van der Waals surface area contributed by atoms with E-state index in [1.54, 1.807) is 67.7 Å². The number of benzene rings is 2. The number of hydrogen-bond donors (Lipinski definition) is 2. The fraction of sp³-hybridized carbons (Fsp3) is 0.194. The predicted octanol–water partition coefficient (Wildman–Crippen LogP) is 4.46. The van der Waals surface area contributed by atoms with Crippen LogP contribution in [0, 0.1) is 0 Å². The highest BCUT2D eigenvalue weighted by Crippen LogP contribution is 2.29. The molecule has 220 valence electrons. The number of ketones is 1. The normalized spacial score (nSPS) is 13.2. The van der Waals surface area contributed by atoms with Crippen molar-refractivity contribution in [2.24, 2.45) is 0 Å². The molecule has 1 aliphatic rings. The number of aromatic hydroxyl groups is 1. The van der Waals surface area contributed by atoms with E-state index in [0.717, 1.165) is 6.08 Å². The predicted molar refractivity (Wildman–Crippen MR) is 156 cm³/mol. The number of likely N-dealkylation sites (N-methyl/N-ethyl adjacent to an activating group) is 1. The quantitative estimate of drug-likeness (QED) is 0.130. The highest BCUT2D eigenvalue weighted by atomic mass is 16.7. The van der Waals surface area contributed by atoms with Crippen molar-refractivity contribution in [2.75, 3.05) is 41.6 Å². The fourth-order valence-corrected chi connectivity index (χ4v) is 3.65. The highest BCUT2D eigenvalue weighted by Gasteiger charge is 2.18. The summed E-state index contributed by atoms with van der Waals surface area (Å²) in [6, 6.07) is 9.31. The second-order valence-electron chi connectivity index (χ2n) is 9.09. The third-order valence-corrected chi connectivity index (χ3v) is 5.76. The summed E-state index contributed by atoms with van der Waals surface area (Å²) in [5.74, 6) is -0.269. The molecule has 0 aromatic heterocycles. The van der Waals surface area contributed by atoms with Crippen molar-refractivity contribution in [1.29, 1.82) is 0 Å². The molecule has 11 nitrogen and oxygen atoms in total. The lowest BCUT2D eigenvalue weighted by Gasteiger charge is -2.24. The van der Waals surface area contributed by atoms with Gasteiger partial charge in [-0.3, -0.25) is 9.59 Å². The maximum absolute atomic E-state index is 12.3. The molecule has 3 rings (SSSR count). The number of aliphatic hydroxyl groups excluding tert-OH is 1. The summed E-state index contributed by atoms with van der Waals surface area (Å²) >= 11 is 0. The van der Waals surface area contributed by atoms with Gasteiger partial charge in [-0.1, -0.05) is 30.4 Å². The van der Waals surface area contributed by atoms with Crippen LogP contribution in [0.5, 0.6) is 23.0 Å². The van der Waals surface area contributed by atoms with Gasteiger partial charge in [-0.25, -0.2) is 4.79 Å². The molecule has 11 heteroatoms. The molecule has 1 aliphatic heterocycles. The summed E-state index contributed by atoms with van der Waals surface area (Å²) in [7, 11) is 6.15. The summed E-state index contributed by atoms with van der Waals surface area (Å²) in [5.41, 5.74) is 1.78. The lowest BCUT2D eigenvalue weighted by atomic mass is 10.1. The second kappa shape index (κ2) is 14.8. The van der Waals surface area contributed by atoms with E-state index in [0.29, 0.717) is 16.7 Å². The van der Waals surface area contributed by atoms with E-state index in [9.17, 15) is 24.6 Å². The average molecular weight is 577 g/mol. The van der Waals surface area contributed by atoms with Crippen LogP contribution in [0.15, 0.2) is 84.3 Å². The van der Waals surface area contributed by atoms with Gasteiger partial charge in [0.1, 0.15) is 5.76 Å². The molecule has 42 heavy (non-hydrogen) atoms. The zero-order valence-electron chi connectivity index (χ0n) is 23.6. The molecule has 1 amide bonds. The van der Waals surface area contributed by atoms with Crippen LogP contribution in [0.25, 0.3) is 12.2 Å². The lowest BCUT2D eigenvalue weighted by Crippen LogP contribution is -2.33. The number of phenolic OH excluding ortho intramolecular Hbond substituents is 1. The smallest absolute Gasteiger partial charge is 0.508 e. The van der Waals surface area contributed by atoms with Crippen LogP contribution in [-0.2, 0) is 14.3 Å². The molecule has 2 aromatic rings. The van der Waals surface area contributed by atoms with Crippen molar-refractivity contribution in [1.82, 2.24) is 9.80 Å². The van der Waals surface area contributed by atoms with Gasteiger partial charge in [0.25, 0.3) is 5.91 Å². The van der Waals surface area contributed by atoms with Crippen molar-refractivity contribution in [3.05, 3.63) is 95.4 Å². The number of ether oxygens (including phenoxy) is 4. The number of aliphatic hydroxyl groups is 1. The van der Waals surface area contributed by atoms with Crippen molar-refractivity contribution >= 4 is 30.0 Å². The van der Waals surface area contributed by atoms with Crippen molar-refractivity contribution < 1.29 is 43.5 Å². The molecule has 1 heterocycles. The van der Waals surface area contributed by atoms with Gasteiger partial charge in [0.2, 0.25) is 0 Å². The molecule has 0 saturated carbocycles. The molecule has 2 aromatic carbocycles. The summed E-state index contributed by atoms with van der Waals surface area (Å²) in [6.07, 6.45) is 10.8. The Kier molecular flexibility index (Phi) is 11.0. The van der Waals surface area contributed by atoms with E-state index in [2.05, 4.69) is 0 Å². The number of carbonyl (C=O) groups excluding carboxylic acids is 3. The molecule has 2 N–H and O–H groups in total. The lowest BCUT2D eigenvalue weighted by molar-refractivity contribution is -0.125.